The van der Waals surface area contributed by atoms with E-state index in [0.29, 0.717) is 6.42 Å². The highest BCUT2D eigenvalue weighted by Gasteiger charge is 2.28. The molecule has 1 aliphatic rings. The number of carbonyl (C=O) groups is 2. The van der Waals surface area contributed by atoms with Gasteiger partial charge in [0.2, 0.25) is 0 Å². The third-order valence-corrected chi connectivity index (χ3v) is 5.52. The van der Waals surface area contributed by atoms with Crippen molar-refractivity contribution in [3.05, 3.63) is 34.3 Å². The quantitative estimate of drug-likeness (QED) is 0.753. The first-order chi connectivity index (χ1) is 10.3. The molecular weight excluding hydrogens is 374 g/mol. The Morgan fingerprint density at radius 2 is 1.95 bits per heavy atom. The van der Waals surface area contributed by atoms with Crippen LogP contribution in [0.2, 0.25) is 0 Å². The number of ether oxygens (including phenoxy) is 1. The predicted octanol–water partition coefficient (Wildman–Crippen LogP) is 0.838. The third-order valence-electron chi connectivity index (χ3n) is 3.22. The van der Waals surface area contributed by atoms with Crippen LogP contribution >= 0.6 is 15.9 Å². The molecule has 1 aromatic rings. The summed E-state index contributed by atoms with van der Waals surface area (Å²) in [6.07, 6.45) is 0.485. The number of halogens is 1. The highest BCUT2D eigenvalue weighted by Crippen LogP contribution is 2.12. The predicted molar refractivity (Wildman–Crippen MR) is 84.0 cm³/mol. The summed E-state index contributed by atoms with van der Waals surface area (Å²) < 4.78 is 28.4. The topological polar surface area (TPSA) is 89.5 Å². The minimum atomic E-state index is -3.04. The summed E-state index contributed by atoms with van der Waals surface area (Å²) in [7, 11) is -3.04. The zero-order chi connectivity index (χ0) is 16.2. The standard InChI is InChI=1S/C14H16BrNO5S/c15-11-3-1-10(2-4-11)7-14(18)21-8-13(17)16-12-5-6-22(19,20)9-12/h1-4,12H,5-9H2,(H,16,17)/t12-/m0/s1. The van der Waals surface area contributed by atoms with Crippen molar-refractivity contribution < 1.29 is 22.7 Å². The van der Waals surface area contributed by atoms with Gasteiger partial charge in [0.1, 0.15) is 0 Å². The Morgan fingerprint density at radius 3 is 2.55 bits per heavy atom. The number of amides is 1. The third kappa shape index (κ3) is 5.42. The van der Waals surface area contributed by atoms with Crippen LogP contribution < -0.4 is 5.32 Å². The molecule has 120 valence electrons. The molecule has 0 aromatic heterocycles. The lowest BCUT2D eigenvalue weighted by Crippen LogP contribution is -2.38. The Kier molecular flexibility index (Phi) is 5.57. The van der Waals surface area contributed by atoms with Gasteiger partial charge in [0, 0.05) is 10.5 Å². The SMILES string of the molecule is O=C(COC(=O)Cc1ccc(Br)cc1)N[C@H]1CCS(=O)(=O)C1. The summed E-state index contributed by atoms with van der Waals surface area (Å²) in [5, 5.41) is 2.56. The van der Waals surface area contributed by atoms with Crippen LogP contribution in [0.4, 0.5) is 0 Å². The van der Waals surface area contributed by atoms with Crippen LogP contribution in [-0.4, -0.2) is 44.4 Å². The van der Waals surface area contributed by atoms with E-state index in [1.54, 1.807) is 12.1 Å². The number of esters is 1. The van der Waals surface area contributed by atoms with Gasteiger partial charge < -0.3 is 10.1 Å². The molecule has 2 rings (SSSR count). The average molecular weight is 390 g/mol. The van der Waals surface area contributed by atoms with E-state index in [1.807, 2.05) is 12.1 Å². The largest absolute Gasteiger partial charge is 0.455 e. The van der Waals surface area contributed by atoms with E-state index in [1.165, 1.54) is 0 Å². The average Bonchev–Trinajstić information content (AvgIpc) is 2.78. The van der Waals surface area contributed by atoms with Crippen LogP contribution in [0.5, 0.6) is 0 Å². The van der Waals surface area contributed by atoms with Gasteiger partial charge in [-0.15, -0.1) is 0 Å². The molecule has 0 unspecified atom stereocenters. The van der Waals surface area contributed by atoms with Crippen molar-refractivity contribution >= 4 is 37.6 Å². The van der Waals surface area contributed by atoms with E-state index in [0.717, 1.165) is 10.0 Å². The number of sulfone groups is 1. The normalized spacial score (nSPS) is 19.6. The number of rotatable bonds is 5. The second-order valence-electron chi connectivity index (χ2n) is 5.13. The molecule has 1 N–H and O–H groups in total. The van der Waals surface area contributed by atoms with Gasteiger partial charge in [-0.3, -0.25) is 9.59 Å². The molecule has 0 bridgehead atoms. The van der Waals surface area contributed by atoms with Crippen LogP contribution in [0.15, 0.2) is 28.7 Å². The number of benzene rings is 1. The Bertz CT molecular complexity index is 656. The lowest BCUT2D eigenvalue weighted by molar-refractivity contribution is -0.148. The molecule has 1 amide bonds. The van der Waals surface area contributed by atoms with Crippen molar-refractivity contribution in [2.45, 2.75) is 18.9 Å². The van der Waals surface area contributed by atoms with Crippen molar-refractivity contribution in [2.75, 3.05) is 18.1 Å². The molecule has 1 heterocycles. The molecule has 1 saturated heterocycles. The number of nitrogens with one attached hydrogen (secondary N) is 1. The summed E-state index contributed by atoms with van der Waals surface area (Å²) in [4.78, 5) is 23.3. The maximum Gasteiger partial charge on any atom is 0.310 e. The molecule has 6 nitrogen and oxygen atoms in total. The summed E-state index contributed by atoms with van der Waals surface area (Å²) >= 11 is 3.30. The number of carbonyl (C=O) groups excluding carboxylic acids is 2. The van der Waals surface area contributed by atoms with Crippen molar-refractivity contribution in [1.82, 2.24) is 5.32 Å². The monoisotopic (exact) mass is 389 g/mol. The van der Waals surface area contributed by atoms with E-state index >= 15 is 0 Å². The molecule has 1 fully saturated rings. The second kappa shape index (κ2) is 7.23. The van der Waals surface area contributed by atoms with Crippen LogP contribution in [0.25, 0.3) is 0 Å². The number of hydrogen-bond acceptors (Lipinski definition) is 5. The highest BCUT2D eigenvalue weighted by atomic mass is 79.9. The fraction of sp³-hybridized carbons (Fsp3) is 0.429. The zero-order valence-corrected chi connectivity index (χ0v) is 14.2. The minimum Gasteiger partial charge on any atom is -0.455 e. The first-order valence-corrected chi connectivity index (χ1v) is 9.35. The summed E-state index contributed by atoms with van der Waals surface area (Å²) in [5.74, 6) is -0.949. The molecule has 0 saturated carbocycles. The maximum absolute atomic E-state index is 11.6. The van der Waals surface area contributed by atoms with Crippen LogP contribution in [0.3, 0.4) is 0 Å². The van der Waals surface area contributed by atoms with Gasteiger partial charge in [-0.1, -0.05) is 28.1 Å². The molecule has 1 atom stereocenters. The van der Waals surface area contributed by atoms with E-state index in [4.69, 9.17) is 4.74 Å². The van der Waals surface area contributed by atoms with E-state index in [-0.39, 0.29) is 24.0 Å². The van der Waals surface area contributed by atoms with Gasteiger partial charge in [0.05, 0.1) is 17.9 Å². The number of hydrogen-bond donors (Lipinski definition) is 1. The lowest BCUT2D eigenvalue weighted by Gasteiger charge is -2.11. The van der Waals surface area contributed by atoms with Crippen molar-refractivity contribution in [2.24, 2.45) is 0 Å². The first-order valence-electron chi connectivity index (χ1n) is 6.74. The first kappa shape index (κ1) is 17.0. The summed E-state index contributed by atoms with van der Waals surface area (Å²) in [6, 6.07) is 6.82. The van der Waals surface area contributed by atoms with Crippen LogP contribution in [0.1, 0.15) is 12.0 Å². The summed E-state index contributed by atoms with van der Waals surface area (Å²) in [6.45, 7) is -0.397. The van der Waals surface area contributed by atoms with Crippen LogP contribution in [-0.2, 0) is 30.6 Å². The Morgan fingerprint density at radius 1 is 1.27 bits per heavy atom. The molecule has 1 aliphatic heterocycles. The van der Waals surface area contributed by atoms with Crippen molar-refractivity contribution in [3.63, 3.8) is 0 Å². The Hall–Kier alpha value is -1.41. The van der Waals surface area contributed by atoms with Crippen molar-refractivity contribution in [3.8, 4) is 0 Å². The smallest absolute Gasteiger partial charge is 0.310 e. The molecular formula is C14H16BrNO5S. The molecule has 22 heavy (non-hydrogen) atoms. The maximum atomic E-state index is 11.6. The lowest BCUT2D eigenvalue weighted by atomic mass is 10.2. The molecule has 1 aromatic carbocycles. The highest BCUT2D eigenvalue weighted by molar-refractivity contribution is 9.10. The second-order valence-corrected chi connectivity index (χ2v) is 8.28. The minimum absolute atomic E-state index is 0.0500. The van der Waals surface area contributed by atoms with Gasteiger partial charge in [-0.05, 0) is 24.1 Å². The van der Waals surface area contributed by atoms with Crippen LogP contribution in [0, 0.1) is 0 Å². The van der Waals surface area contributed by atoms with Gasteiger partial charge in [0.25, 0.3) is 5.91 Å². The van der Waals surface area contributed by atoms with Gasteiger partial charge in [-0.2, -0.15) is 0 Å². The van der Waals surface area contributed by atoms with Gasteiger partial charge >= 0.3 is 5.97 Å². The molecule has 8 heteroatoms. The molecule has 0 radical (unpaired) electrons. The van der Waals surface area contributed by atoms with Gasteiger partial charge in [-0.25, -0.2) is 8.42 Å². The zero-order valence-electron chi connectivity index (χ0n) is 11.7. The van der Waals surface area contributed by atoms with Crippen molar-refractivity contribution in [1.29, 1.82) is 0 Å². The van der Waals surface area contributed by atoms with E-state index < -0.39 is 28.3 Å². The summed E-state index contributed by atoms with van der Waals surface area (Å²) in [5.41, 5.74) is 0.787. The molecule has 0 aliphatic carbocycles. The fourth-order valence-electron chi connectivity index (χ4n) is 2.14. The van der Waals surface area contributed by atoms with E-state index in [2.05, 4.69) is 21.2 Å². The Balaban J connectivity index is 1.72. The van der Waals surface area contributed by atoms with Gasteiger partial charge in [0.15, 0.2) is 16.4 Å². The van der Waals surface area contributed by atoms with E-state index in [9.17, 15) is 18.0 Å². The fourth-order valence-corrected chi connectivity index (χ4v) is 4.08. The molecule has 0 spiro atoms. The Labute approximate surface area is 137 Å².